The lowest BCUT2D eigenvalue weighted by molar-refractivity contribution is -0.143. The molecule has 19 heavy (non-hydrogen) atoms. The summed E-state index contributed by atoms with van der Waals surface area (Å²) in [6, 6.07) is 7.80. The third-order valence-corrected chi connectivity index (χ3v) is 3.38. The topological polar surface area (TPSA) is 66.4 Å². The van der Waals surface area contributed by atoms with Crippen molar-refractivity contribution in [3.8, 4) is 0 Å². The van der Waals surface area contributed by atoms with Crippen molar-refractivity contribution in [1.29, 1.82) is 0 Å². The van der Waals surface area contributed by atoms with E-state index in [0.717, 1.165) is 11.1 Å². The Kier molecular flexibility index (Phi) is 3.69. The van der Waals surface area contributed by atoms with Gasteiger partial charge in [0.2, 0.25) is 5.91 Å². The highest BCUT2D eigenvalue weighted by atomic mass is 16.4. The summed E-state index contributed by atoms with van der Waals surface area (Å²) in [5, 5.41) is 11.6. The van der Waals surface area contributed by atoms with E-state index in [1.54, 1.807) is 6.08 Å². The molecule has 1 aromatic rings. The van der Waals surface area contributed by atoms with Gasteiger partial charge < -0.3 is 10.4 Å². The molecule has 1 aliphatic rings. The zero-order chi connectivity index (χ0) is 13.9. The van der Waals surface area contributed by atoms with Crippen molar-refractivity contribution in [3.63, 3.8) is 0 Å². The number of carbonyl (C=O) groups excluding carboxylic acids is 1. The van der Waals surface area contributed by atoms with Gasteiger partial charge in [-0.1, -0.05) is 29.8 Å². The molecule has 0 spiro atoms. The van der Waals surface area contributed by atoms with Crippen molar-refractivity contribution in [2.45, 2.75) is 19.8 Å². The third kappa shape index (κ3) is 3.44. The van der Waals surface area contributed by atoms with Crippen molar-refractivity contribution in [2.24, 2.45) is 5.41 Å². The molecular formula is C15H17NO3. The van der Waals surface area contributed by atoms with Crippen LogP contribution in [0.5, 0.6) is 0 Å². The van der Waals surface area contributed by atoms with Crippen LogP contribution in [0, 0.1) is 12.3 Å². The van der Waals surface area contributed by atoms with Crippen LogP contribution in [0.4, 0.5) is 0 Å². The molecular weight excluding hydrogens is 242 g/mol. The number of aryl methyl sites for hydroxylation is 1. The molecule has 0 radical (unpaired) electrons. The van der Waals surface area contributed by atoms with Gasteiger partial charge >= 0.3 is 5.97 Å². The van der Waals surface area contributed by atoms with Gasteiger partial charge in [0.1, 0.15) is 0 Å². The molecule has 0 aromatic heterocycles. The van der Waals surface area contributed by atoms with E-state index in [4.69, 9.17) is 5.11 Å². The summed E-state index contributed by atoms with van der Waals surface area (Å²) in [5.41, 5.74) is 1.37. The van der Waals surface area contributed by atoms with E-state index in [2.05, 4.69) is 5.32 Å². The Hall–Kier alpha value is -2.10. The van der Waals surface area contributed by atoms with Crippen LogP contribution in [0.3, 0.4) is 0 Å². The van der Waals surface area contributed by atoms with Crippen molar-refractivity contribution < 1.29 is 14.7 Å². The number of benzene rings is 1. The Labute approximate surface area is 112 Å². The smallest absolute Gasteiger partial charge is 0.311 e. The molecule has 0 unspecified atom stereocenters. The van der Waals surface area contributed by atoms with Gasteiger partial charge in [-0.3, -0.25) is 9.59 Å². The zero-order valence-corrected chi connectivity index (χ0v) is 10.8. The van der Waals surface area contributed by atoms with E-state index in [1.165, 1.54) is 6.08 Å². The van der Waals surface area contributed by atoms with Crippen molar-refractivity contribution in [2.75, 3.05) is 6.54 Å². The Morgan fingerprint density at radius 2 is 2.16 bits per heavy atom. The molecule has 2 N–H and O–H groups in total. The Morgan fingerprint density at radius 3 is 2.74 bits per heavy atom. The van der Waals surface area contributed by atoms with Gasteiger partial charge in [0.25, 0.3) is 0 Å². The summed E-state index contributed by atoms with van der Waals surface area (Å²) in [4.78, 5) is 22.6. The fraction of sp³-hybridized carbons (Fsp3) is 0.333. The van der Waals surface area contributed by atoms with Crippen molar-refractivity contribution in [1.82, 2.24) is 5.32 Å². The average Bonchev–Trinajstić information content (AvgIpc) is 3.15. The van der Waals surface area contributed by atoms with Gasteiger partial charge in [-0.25, -0.2) is 0 Å². The van der Waals surface area contributed by atoms with Crippen LogP contribution in [0.1, 0.15) is 24.0 Å². The average molecular weight is 259 g/mol. The van der Waals surface area contributed by atoms with E-state index < -0.39 is 11.4 Å². The first kappa shape index (κ1) is 13.3. The summed E-state index contributed by atoms with van der Waals surface area (Å²) in [6.45, 7) is 2.19. The SMILES string of the molecule is Cc1cccc(/C=C/C(=O)NCC2(C(=O)O)CC2)c1. The zero-order valence-electron chi connectivity index (χ0n) is 10.8. The second-order valence-corrected chi connectivity index (χ2v) is 5.05. The quantitative estimate of drug-likeness (QED) is 0.795. The first-order chi connectivity index (χ1) is 9.02. The van der Waals surface area contributed by atoms with Crippen LogP contribution >= 0.6 is 0 Å². The second-order valence-electron chi connectivity index (χ2n) is 5.05. The number of hydrogen-bond acceptors (Lipinski definition) is 2. The molecule has 0 heterocycles. The molecule has 1 aromatic carbocycles. The fourth-order valence-corrected chi connectivity index (χ4v) is 1.88. The lowest BCUT2D eigenvalue weighted by Crippen LogP contribution is -2.33. The minimum Gasteiger partial charge on any atom is -0.481 e. The minimum atomic E-state index is -0.824. The first-order valence-corrected chi connectivity index (χ1v) is 6.28. The van der Waals surface area contributed by atoms with Crippen LogP contribution in [0.25, 0.3) is 6.08 Å². The second kappa shape index (κ2) is 5.26. The molecule has 100 valence electrons. The maximum atomic E-state index is 11.6. The molecule has 1 aliphatic carbocycles. The number of carboxylic acid groups (broad SMARTS) is 1. The van der Waals surface area contributed by atoms with E-state index in [9.17, 15) is 9.59 Å². The summed E-state index contributed by atoms with van der Waals surface area (Å²) >= 11 is 0. The van der Waals surface area contributed by atoms with Gasteiger partial charge in [-0.05, 0) is 31.4 Å². The summed E-state index contributed by atoms with van der Waals surface area (Å²) in [7, 11) is 0. The summed E-state index contributed by atoms with van der Waals surface area (Å²) in [6.07, 6.45) is 4.45. The number of carboxylic acids is 1. The molecule has 1 saturated carbocycles. The monoisotopic (exact) mass is 259 g/mol. The highest BCUT2D eigenvalue weighted by Gasteiger charge is 2.50. The summed E-state index contributed by atoms with van der Waals surface area (Å²) in [5.74, 6) is -1.08. The molecule has 0 aliphatic heterocycles. The Balaban J connectivity index is 1.86. The van der Waals surface area contributed by atoms with Crippen LogP contribution < -0.4 is 5.32 Å². The standard InChI is InChI=1S/C15H17NO3/c1-11-3-2-4-12(9-11)5-6-13(17)16-10-15(7-8-15)14(18)19/h2-6,9H,7-8,10H2,1H3,(H,16,17)(H,18,19)/b6-5+. The van der Waals surface area contributed by atoms with Crippen molar-refractivity contribution in [3.05, 3.63) is 41.5 Å². The first-order valence-electron chi connectivity index (χ1n) is 6.28. The minimum absolute atomic E-state index is 0.208. The van der Waals surface area contributed by atoms with E-state index in [-0.39, 0.29) is 12.5 Å². The highest BCUT2D eigenvalue weighted by Crippen LogP contribution is 2.45. The Bertz CT molecular complexity index is 530. The fourth-order valence-electron chi connectivity index (χ4n) is 1.88. The van der Waals surface area contributed by atoms with E-state index >= 15 is 0 Å². The molecule has 4 nitrogen and oxygen atoms in total. The number of carbonyl (C=O) groups is 2. The van der Waals surface area contributed by atoms with Gasteiger partial charge in [-0.2, -0.15) is 0 Å². The highest BCUT2D eigenvalue weighted by molar-refractivity contribution is 5.92. The molecule has 4 heteroatoms. The number of rotatable bonds is 5. The predicted molar refractivity (Wildman–Crippen MR) is 72.5 cm³/mol. The maximum Gasteiger partial charge on any atom is 0.311 e. The molecule has 0 bridgehead atoms. The van der Waals surface area contributed by atoms with E-state index in [1.807, 2.05) is 31.2 Å². The maximum absolute atomic E-state index is 11.6. The van der Waals surface area contributed by atoms with Crippen LogP contribution in [-0.4, -0.2) is 23.5 Å². The molecule has 0 saturated heterocycles. The normalized spacial score (nSPS) is 16.3. The van der Waals surface area contributed by atoms with Gasteiger partial charge in [-0.15, -0.1) is 0 Å². The lowest BCUT2D eigenvalue weighted by Gasteiger charge is -2.09. The van der Waals surface area contributed by atoms with Crippen LogP contribution in [0.2, 0.25) is 0 Å². The van der Waals surface area contributed by atoms with Crippen molar-refractivity contribution >= 4 is 18.0 Å². The molecule has 1 fully saturated rings. The van der Waals surface area contributed by atoms with Gasteiger partial charge in [0.05, 0.1) is 5.41 Å². The number of aliphatic carboxylic acids is 1. The van der Waals surface area contributed by atoms with E-state index in [0.29, 0.717) is 12.8 Å². The summed E-state index contributed by atoms with van der Waals surface area (Å²) < 4.78 is 0. The Morgan fingerprint density at radius 1 is 1.42 bits per heavy atom. The largest absolute Gasteiger partial charge is 0.481 e. The van der Waals surface area contributed by atoms with Crippen LogP contribution in [0.15, 0.2) is 30.3 Å². The molecule has 0 atom stereocenters. The number of amides is 1. The molecule has 1 amide bonds. The van der Waals surface area contributed by atoms with Crippen LogP contribution in [-0.2, 0) is 9.59 Å². The third-order valence-electron chi connectivity index (χ3n) is 3.38. The number of hydrogen-bond donors (Lipinski definition) is 2. The van der Waals surface area contributed by atoms with Gasteiger partial charge in [0.15, 0.2) is 0 Å². The number of nitrogens with one attached hydrogen (secondary N) is 1. The predicted octanol–water partition coefficient (Wildman–Crippen LogP) is 1.99. The van der Waals surface area contributed by atoms with Gasteiger partial charge in [0, 0.05) is 12.6 Å². The lowest BCUT2D eigenvalue weighted by atomic mass is 10.1. The molecule has 2 rings (SSSR count).